The third kappa shape index (κ3) is 3.46. The highest BCUT2D eigenvalue weighted by Gasteiger charge is 2.28. The number of benzene rings is 1. The minimum absolute atomic E-state index is 0.151. The lowest BCUT2D eigenvalue weighted by molar-refractivity contribution is 0.0966. The number of rotatable bonds is 4. The lowest BCUT2D eigenvalue weighted by atomic mass is 9.86. The van der Waals surface area contributed by atoms with Gasteiger partial charge in [-0.15, -0.1) is 0 Å². The van der Waals surface area contributed by atoms with Crippen LogP contribution in [0, 0.1) is 5.92 Å². The van der Waals surface area contributed by atoms with Crippen molar-refractivity contribution in [1.82, 2.24) is 15.3 Å². The summed E-state index contributed by atoms with van der Waals surface area (Å²) >= 11 is 6.07. The molecule has 0 spiro atoms. The molecule has 0 radical (unpaired) electrons. The van der Waals surface area contributed by atoms with Crippen molar-refractivity contribution < 1.29 is 4.79 Å². The number of amides is 1. The van der Waals surface area contributed by atoms with Gasteiger partial charge in [-0.1, -0.05) is 37.4 Å². The number of carbonyl (C=O) groups is 1. The largest absolute Gasteiger partial charge is 0.351 e. The smallest absolute Gasteiger partial charge is 0.257 e. The van der Waals surface area contributed by atoms with Gasteiger partial charge in [-0.3, -0.25) is 4.79 Å². The van der Waals surface area contributed by atoms with Gasteiger partial charge in [0.25, 0.3) is 5.91 Å². The molecule has 1 amide bonds. The second-order valence-corrected chi connectivity index (χ2v) is 7.48. The first-order valence-corrected chi connectivity index (χ1v) is 9.46. The minimum Gasteiger partial charge on any atom is -0.351 e. The van der Waals surface area contributed by atoms with Crippen LogP contribution in [0.1, 0.15) is 48.7 Å². The van der Waals surface area contributed by atoms with E-state index in [1.165, 1.54) is 19.3 Å². The Kier molecular flexibility index (Phi) is 4.68. The van der Waals surface area contributed by atoms with Gasteiger partial charge < -0.3 is 16.0 Å². The molecule has 1 fully saturated rings. The van der Waals surface area contributed by atoms with Crippen molar-refractivity contribution in [2.24, 2.45) is 5.92 Å². The molecule has 0 unspecified atom stereocenters. The van der Waals surface area contributed by atoms with E-state index in [1.807, 2.05) is 12.1 Å². The van der Waals surface area contributed by atoms with E-state index in [1.54, 1.807) is 12.1 Å². The third-order valence-corrected chi connectivity index (χ3v) is 5.38. The number of nitrogens with one attached hydrogen (secondary N) is 3. The molecule has 136 valence electrons. The summed E-state index contributed by atoms with van der Waals surface area (Å²) in [6.45, 7) is 2.69. The molecule has 1 aromatic carbocycles. The van der Waals surface area contributed by atoms with Gasteiger partial charge in [0.1, 0.15) is 11.4 Å². The molecule has 3 N–H and O–H groups in total. The van der Waals surface area contributed by atoms with Gasteiger partial charge in [0.15, 0.2) is 0 Å². The molecule has 6 nitrogen and oxygen atoms in total. The first-order chi connectivity index (χ1) is 12.6. The zero-order chi connectivity index (χ0) is 18.1. The molecular weight excluding hydrogens is 350 g/mol. The van der Waals surface area contributed by atoms with Gasteiger partial charge in [0.2, 0.25) is 5.95 Å². The predicted molar refractivity (Wildman–Crippen MR) is 103 cm³/mol. The maximum atomic E-state index is 12.2. The van der Waals surface area contributed by atoms with Gasteiger partial charge in [-0.2, -0.15) is 4.98 Å². The van der Waals surface area contributed by atoms with Crippen LogP contribution < -0.4 is 16.0 Å². The molecule has 2 aromatic rings. The SMILES string of the molecule is C[C@H]1CCCC[C@H]1Nc1nc2c(c(Nc3cccc(Cl)c3)n1)C(=O)NC2. The number of carbonyl (C=O) groups excluding carboxylic acids is 1. The van der Waals surface area contributed by atoms with Crippen molar-refractivity contribution in [3.05, 3.63) is 40.5 Å². The molecule has 1 aromatic heterocycles. The quantitative estimate of drug-likeness (QED) is 0.753. The summed E-state index contributed by atoms with van der Waals surface area (Å²) in [6, 6.07) is 7.73. The lowest BCUT2D eigenvalue weighted by Crippen LogP contribution is -2.31. The van der Waals surface area contributed by atoms with E-state index in [0.29, 0.717) is 40.9 Å². The standard InChI is InChI=1S/C19H22ClN5O/c1-11-5-2-3-8-14(11)23-19-24-15-10-21-18(26)16(15)17(25-19)22-13-7-4-6-12(20)9-13/h4,6-7,9,11,14H,2-3,5,8,10H2,1H3,(H,21,26)(H2,22,23,24,25)/t11-,14+/m0/s1. The second kappa shape index (κ2) is 7.11. The van der Waals surface area contributed by atoms with Crippen molar-refractivity contribution in [2.75, 3.05) is 10.6 Å². The summed E-state index contributed by atoms with van der Waals surface area (Å²) in [5, 5.41) is 10.2. The highest BCUT2D eigenvalue weighted by molar-refractivity contribution is 6.30. The van der Waals surface area contributed by atoms with Crippen LogP contribution in [0.3, 0.4) is 0 Å². The van der Waals surface area contributed by atoms with E-state index in [2.05, 4.69) is 32.8 Å². The maximum absolute atomic E-state index is 12.2. The Balaban J connectivity index is 1.65. The Morgan fingerprint density at radius 1 is 1.23 bits per heavy atom. The normalized spacial score (nSPS) is 21.8. The highest BCUT2D eigenvalue weighted by atomic mass is 35.5. The number of hydrogen-bond donors (Lipinski definition) is 3. The number of anilines is 3. The fourth-order valence-electron chi connectivity index (χ4n) is 3.68. The van der Waals surface area contributed by atoms with Crippen LogP contribution >= 0.6 is 11.6 Å². The second-order valence-electron chi connectivity index (χ2n) is 7.05. The van der Waals surface area contributed by atoms with Crippen LogP contribution in [-0.2, 0) is 6.54 Å². The van der Waals surface area contributed by atoms with E-state index in [4.69, 9.17) is 11.6 Å². The minimum atomic E-state index is -0.151. The van der Waals surface area contributed by atoms with Crippen LogP contribution in [0.25, 0.3) is 0 Å². The maximum Gasteiger partial charge on any atom is 0.257 e. The van der Waals surface area contributed by atoms with Gasteiger partial charge >= 0.3 is 0 Å². The molecule has 1 aliphatic heterocycles. The van der Waals surface area contributed by atoms with Crippen molar-refractivity contribution in [2.45, 2.75) is 45.2 Å². The molecule has 1 saturated carbocycles. The molecule has 0 saturated heterocycles. The average molecular weight is 372 g/mol. The Morgan fingerprint density at radius 2 is 2.08 bits per heavy atom. The fraction of sp³-hybridized carbons (Fsp3) is 0.421. The summed E-state index contributed by atoms with van der Waals surface area (Å²) in [4.78, 5) is 21.4. The monoisotopic (exact) mass is 371 g/mol. The Morgan fingerprint density at radius 3 is 2.88 bits per heavy atom. The van der Waals surface area contributed by atoms with Crippen LogP contribution in [0.15, 0.2) is 24.3 Å². The van der Waals surface area contributed by atoms with Gasteiger partial charge in [0.05, 0.1) is 12.2 Å². The summed E-state index contributed by atoms with van der Waals surface area (Å²) in [7, 11) is 0. The molecule has 4 rings (SSSR count). The number of fused-ring (bicyclic) bond motifs is 1. The third-order valence-electron chi connectivity index (χ3n) is 5.14. The summed E-state index contributed by atoms with van der Waals surface area (Å²) in [6.07, 6.45) is 4.84. The molecule has 2 aliphatic rings. The van der Waals surface area contributed by atoms with E-state index in [0.717, 1.165) is 17.8 Å². The number of aromatic nitrogens is 2. The highest BCUT2D eigenvalue weighted by Crippen LogP contribution is 2.30. The molecule has 7 heteroatoms. The van der Waals surface area contributed by atoms with Crippen molar-refractivity contribution >= 4 is 35.0 Å². The van der Waals surface area contributed by atoms with E-state index in [-0.39, 0.29) is 5.91 Å². The van der Waals surface area contributed by atoms with Gasteiger partial charge in [-0.25, -0.2) is 4.98 Å². The first-order valence-electron chi connectivity index (χ1n) is 9.08. The molecular formula is C19H22ClN5O. The lowest BCUT2D eigenvalue weighted by Gasteiger charge is -2.29. The average Bonchev–Trinajstić information content (AvgIpc) is 2.98. The number of nitrogens with zero attached hydrogens (tertiary/aromatic N) is 2. The topological polar surface area (TPSA) is 78.9 Å². The van der Waals surface area contributed by atoms with Crippen molar-refractivity contribution in [3.8, 4) is 0 Å². The zero-order valence-corrected chi connectivity index (χ0v) is 15.4. The van der Waals surface area contributed by atoms with Gasteiger partial charge in [-0.05, 0) is 37.0 Å². The fourth-order valence-corrected chi connectivity index (χ4v) is 3.87. The van der Waals surface area contributed by atoms with E-state index < -0.39 is 0 Å². The predicted octanol–water partition coefficient (Wildman–Crippen LogP) is 4.11. The van der Waals surface area contributed by atoms with Crippen molar-refractivity contribution in [1.29, 1.82) is 0 Å². The van der Waals surface area contributed by atoms with E-state index >= 15 is 0 Å². The van der Waals surface area contributed by atoms with Gasteiger partial charge in [0, 0.05) is 16.8 Å². The van der Waals surface area contributed by atoms with E-state index in [9.17, 15) is 4.79 Å². The molecule has 0 bridgehead atoms. The molecule has 1 aliphatic carbocycles. The summed E-state index contributed by atoms with van der Waals surface area (Å²) in [5.41, 5.74) is 2.02. The zero-order valence-electron chi connectivity index (χ0n) is 14.7. The number of halogens is 1. The van der Waals surface area contributed by atoms with Crippen LogP contribution in [-0.4, -0.2) is 21.9 Å². The Labute approximate surface area is 157 Å². The Hall–Kier alpha value is -2.34. The van der Waals surface area contributed by atoms with Crippen LogP contribution in [0.5, 0.6) is 0 Å². The molecule has 26 heavy (non-hydrogen) atoms. The molecule has 2 atom stereocenters. The van der Waals surface area contributed by atoms with Crippen LogP contribution in [0.4, 0.5) is 17.5 Å². The number of hydrogen-bond acceptors (Lipinski definition) is 5. The first kappa shape index (κ1) is 17.1. The van der Waals surface area contributed by atoms with Crippen LogP contribution in [0.2, 0.25) is 5.02 Å². The summed E-state index contributed by atoms with van der Waals surface area (Å²) < 4.78 is 0. The Bertz CT molecular complexity index is 841. The summed E-state index contributed by atoms with van der Waals surface area (Å²) in [5.74, 6) is 1.52. The molecule has 2 heterocycles. The van der Waals surface area contributed by atoms with Crippen molar-refractivity contribution in [3.63, 3.8) is 0 Å².